The molecule has 1 N–H and O–H groups in total. The van der Waals surface area contributed by atoms with Crippen LogP contribution in [0.4, 0.5) is 0 Å². The average Bonchev–Trinajstić information content (AvgIpc) is 2.65. The summed E-state index contributed by atoms with van der Waals surface area (Å²) in [5.41, 5.74) is -0.177. The van der Waals surface area contributed by atoms with Crippen LogP contribution in [0.15, 0.2) is 33.5 Å². The Morgan fingerprint density at radius 1 is 1.25 bits per heavy atom. The van der Waals surface area contributed by atoms with Crippen LogP contribution in [-0.2, 0) is 9.53 Å². The van der Waals surface area contributed by atoms with Crippen molar-refractivity contribution in [1.82, 2.24) is 5.32 Å². The summed E-state index contributed by atoms with van der Waals surface area (Å²) >= 11 is 5.88. The summed E-state index contributed by atoms with van der Waals surface area (Å²) in [5, 5.41) is 3.65. The number of amides is 1. The highest BCUT2D eigenvalue weighted by molar-refractivity contribution is 6.31. The number of hydrogen-bond acceptors (Lipinski definition) is 5. The lowest BCUT2D eigenvalue weighted by Crippen LogP contribution is -2.47. The second kappa shape index (κ2) is 8.35. The number of carbonyl (C=O) groups excluding carboxylic acids is 2. The normalized spacial score (nSPS) is 23.2. The van der Waals surface area contributed by atoms with Crippen LogP contribution in [0.5, 0.6) is 0 Å². The summed E-state index contributed by atoms with van der Waals surface area (Å²) in [5.74, 6) is -0.557. The number of fused-ring (bicyclic) bond motifs is 1. The van der Waals surface area contributed by atoms with Gasteiger partial charge in [0.05, 0.1) is 5.39 Å². The Bertz CT molecular complexity index is 953. The third kappa shape index (κ3) is 4.38. The molecule has 1 amide bonds. The second-order valence-electron chi connectivity index (χ2n) is 7.55. The van der Waals surface area contributed by atoms with Gasteiger partial charge in [0.15, 0.2) is 11.5 Å². The third-order valence-electron chi connectivity index (χ3n) is 5.58. The van der Waals surface area contributed by atoms with E-state index in [4.69, 9.17) is 20.8 Å². The average molecular weight is 406 g/mol. The molecule has 1 saturated carbocycles. The molecule has 150 valence electrons. The standard InChI is InChI=1S/C21H24ClNO5/c1-11-5-4-6-16(12(11)2)23-20(25)13(3)27-21(26)19-10-17(24)15-9-14(22)7-8-18(15)28-19/h7-13,16H,4-6H2,1-3H3,(H,23,25)/t11-,12+,13-,16+/m0/s1. The molecule has 1 aliphatic rings. The van der Waals surface area contributed by atoms with E-state index in [0.29, 0.717) is 16.9 Å². The minimum Gasteiger partial charge on any atom is -0.449 e. The summed E-state index contributed by atoms with van der Waals surface area (Å²) in [6.45, 7) is 5.81. The van der Waals surface area contributed by atoms with E-state index in [9.17, 15) is 14.4 Å². The fourth-order valence-electron chi connectivity index (χ4n) is 3.59. The van der Waals surface area contributed by atoms with E-state index in [2.05, 4.69) is 19.2 Å². The Hall–Kier alpha value is -2.34. The minimum atomic E-state index is -0.997. The van der Waals surface area contributed by atoms with Gasteiger partial charge in [-0.3, -0.25) is 9.59 Å². The molecule has 0 unspecified atom stereocenters. The number of benzene rings is 1. The van der Waals surface area contributed by atoms with Gasteiger partial charge < -0.3 is 14.5 Å². The van der Waals surface area contributed by atoms with Crippen LogP contribution >= 0.6 is 11.6 Å². The highest BCUT2D eigenvalue weighted by atomic mass is 35.5. The lowest BCUT2D eigenvalue weighted by Gasteiger charge is -2.35. The first-order valence-corrected chi connectivity index (χ1v) is 9.89. The van der Waals surface area contributed by atoms with Gasteiger partial charge in [0, 0.05) is 17.1 Å². The topological polar surface area (TPSA) is 85.6 Å². The van der Waals surface area contributed by atoms with E-state index in [-0.39, 0.29) is 28.7 Å². The summed E-state index contributed by atoms with van der Waals surface area (Å²) in [6.07, 6.45) is 2.14. The van der Waals surface area contributed by atoms with Crippen LogP contribution in [0.3, 0.4) is 0 Å². The molecule has 0 spiro atoms. The number of carbonyl (C=O) groups is 2. The van der Waals surface area contributed by atoms with E-state index < -0.39 is 17.5 Å². The Labute approximate surface area is 168 Å². The van der Waals surface area contributed by atoms with Gasteiger partial charge >= 0.3 is 5.97 Å². The Morgan fingerprint density at radius 3 is 2.75 bits per heavy atom. The van der Waals surface area contributed by atoms with Gasteiger partial charge in [0.1, 0.15) is 5.58 Å². The molecule has 0 aliphatic heterocycles. The number of halogens is 1. The molecule has 4 atom stereocenters. The molecule has 1 heterocycles. The van der Waals surface area contributed by atoms with Crippen molar-refractivity contribution in [3.05, 3.63) is 45.3 Å². The molecule has 1 aliphatic carbocycles. The van der Waals surface area contributed by atoms with Gasteiger partial charge in [-0.25, -0.2) is 4.79 Å². The highest BCUT2D eigenvalue weighted by Crippen LogP contribution is 2.29. The molecule has 1 aromatic carbocycles. The van der Waals surface area contributed by atoms with Crippen LogP contribution in [0, 0.1) is 11.8 Å². The molecule has 0 radical (unpaired) electrons. The van der Waals surface area contributed by atoms with Crippen molar-refractivity contribution in [1.29, 1.82) is 0 Å². The molecular weight excluding hydrogens is 382 g/mol. The smallest absolute Gasteiger partial charge is 0.375 e. The van der Waals surface area contributed by atoms with Gasteiger partial charge in [-0.1, -0.05) is 38.3 Å². The van der Waals surface area contributed by atoms with Gasteiger partial charge in [-0.05, 0) is 43.4 Å². The summed E-state index contributed by atoms with van der Waals surface area (Å²) in [4.78, 5) is 37.0. The Kier molecular flexibility index (Phi) is 6.08. The monoisotopic (exact) mass is 405 g/mol. The maximum Gasteiger partial charge on any atom is 0.375 e. The fourth-order valence-corrected chi connectivity index (χ4v) is 3.76. The summed E-state index contributed by atoms with van der Waals surface area (Å²) < 4.78 is 10.7. The lowest BCUT2D eigenvalue weighted by molar-refractivity contribution is -0.130. The van der Waals surface area contributed by atoms with Crippen LogP contribution in [0.1, 0.15) is 50.6 Å². The van der Waals surface area contributed by atoms with Crippen LogP contribution < -0.4 is 10.7 Å². The Balaban J connectivity index is 1.68. The predicted octanol–water partition coefficient (Wildman–Crippen LogP) is 3.93. The van der Waals surface area contributed by atoms with Crippen molar-refractivity contribution in [3.63, 3.8) is 0 Å². The van der Waals surface area contributed by atoms with E-state index >= 15 is 0 Å². The number of nitrogens with one attached hydrogen (secondary N) is 1. The van der Waals surface area contributed by atoms with E-state index in [0.717, 1.165) is 25.3 Å². The molecule has 7 heteroatoms. The first-order chi connectivity index (χ1) is 13.3. The van der Waals surface area contributed by atoms with Gasteiger partial charge in [-0.2, -0.15) is 0 Å². The quantitative estimate of drug-likeness (QED) is 0.779. The fraction of sp³-hybridized carbons (Fsp3) is 0.476. The minimum absolute atomic E-state index is 0.0701. The SMILES string of the molecule is C[C@@H]1[C@@H](C)CCC[C@H]1NC(=O)[C@H](C)OC(=O)c1cc(=O)c2cc(Cl)ccc2o1. The van der Waals surface area contributed by atoms with E-state index in [1.165, 1.54) is 19.1 Å². The number of ether oxygens (including phenoxy) is 1. The molecule has 1 aromatic heterocycles. The first kappa shape index (κ1) is 20.4. The second-order valence-corrected chi connectivity index (χ2v) is 7.98. The van der Waals surface area contributed by atoms with Crippen molar-refractivity contribution in [2.24, 2.45) is 11.8 Å². The van der Waals surface area contributed by atoms with Gasteiger partial charge in [0.2, 0.25) is 5.76 Å². The van der Waals surface area contributed by atoms with Crippen LogP contribution in [0.25, 0.3) is 11.0 Å². The number of rotatable bonds is 4. The zero-order valence-electron chi connectivity index (χ0n) is 16.2. The van der Waals surface area contributed by atoms with E-state index in [1.54, 1.807) is 6.07 Å². The highest BCUT2D eigenvalue weighted by Gasteiger charge is 2.30. The molecule has 1 fully saturated rings. The molecule has 28 heavy (non-hydrogen) atoms. The van der Waals surface area contributed by atoms with Crippen molar-refractivity contribution in [3.8, 4) is 0 Å². The molecule has 2 aromatic rings. The van der Waals surface area contributed by atoms with Crippen LogP contribution in [-0.4, -0.2) is 24.0 Å². The first-order valence-electron chi connectivity index (χ1n) is 9.51. The van der Waals surface area contributed by atoms with Crippen molar-refractivity contribution in [2.75, 3.05) is 0 Å². The summed E-state index contributed by atoms with van der Waals surface area (Å²) in [7, 11) is 0. The molecule has 0 saturated heterocycles. The Morgan fingerprint density at radius 2 is 2.00 bits per heavy atom. The zero-order chi connectivity index (χ0) is 20.4. The van der Waals surface area contributed by atoms with E-state index in [1.807, 2.05) is 0 Å². The molecule has 3 rings (SSSR count). The third-order valence-corrected chi connectivity index (χ3v) is 5.81. The molecule has 0 bridgehead atoms. The predicted molar refractivity (Wildman–Crippen MR) is 106 cm³/mol. The maximum absolute atomic E-state index is 12.5. The van der Waals surface area contributed by atoms with Gasteiger partial charge in [-0.15, -0.1) is 0 Å². The summed E-state index contributed by atoms with van der Waals surface area (Å²) in [6, 6.07) is 5.67. The zero-order valence-corrected chi connectivity index (χ0v) is 16.9. The lowest BCUT2D eigenvalue weighted by atomic mass is 9.78. The van der Waals surface area contributed by atoms with Crippen molar-refractivity contribution < 1.29 is 18.7 Å². The molecular formula is C21H24ClNO5. The molecule has 6 nitrogen and oxygen atoms in total. The largest absolute Gasteiger partial charge is 0.449 e. The number of esters is 1. The van der Waals surface area contributed by atoms with Gasteiger partial charge in [0.25, 0.3) is 5.91 Å². The van der Waals surface area contributed by atoms with Crippen LogP contribution in [0.2, 0.25) is 5.02 Å². The number of hydrogen-bond donors (Lipinski definition) is 1. The van der Waals surface area contributed by atoms with Crippen molar-refractivity contribution >= 4 is 34.4 Å². The van der Waals surface area contributed by atoms with Crippen molar-refractivity contribution in [2.45, 2.75) is 52.2 Å². The maximum atomic E-state index is 12.5.